The van der Waals surface area contributed by atoms with E-state index in [1.54, 1.807) is 0 Å². The van der Waals surface area contributed by atoms with Gasteiger partial charge in [-0.15, -0.1) is 0 Å². The molecule has 0 amide bonds. The molecule has 0 unspecified atom stereocenters. The monoisotopic (exact) mass is 228 g/mol. The second-order valence-electron chi connectivity index (χ2n) is 2.69. The average Bonchev–Trinajstić information content (AvgIpc) is 2.05. The molecule has 0 heterocycles. The number of hydrogen-bond donors (Lipinski definition) is 0. The fraction of sp³-hybridized carbons (Fsp3) is 0.455. The molecular weight excluding hydrogens is 212 g/mol. The van der Waals surface area contributed by atoms with Crippen LogP contribution in [0.25, 0.3) is 0 Å². The molecule has 0 bridgehead atoms. The van der Waals surface area contributed by atoms with E-state index in [1.807, 2.05) is 13.8 Å². The summed E-state index contributed by atoms with van der Waals surface area (Å²) in [5, 5.41) is 0. The zero-order chi connectivity index (χ0) is 9.72. The van der Waals surface area contributed by atoms with Gasteiger partial charge in [0.25, 0.3) is 0 Å². The molecule has 12 heavy (non-hydrogen) atoms. The van der Waals surface area contributed by atoms with E-state index in [4.69, 9.17) is 0 Å². The molecule has 0 N–H and O–H groups in total. The van der Waals surface area contributed by atoms with Crippen molar-refractivity contribution in [3.63, 3.8) is 0 Å². The second-order valence-corrected chi connectivity index (χ2v) is 3.54. The van der Waals surface area contributed by atoms with Gasteiger partial charge < -0.3 is 0 Å². The van der Waals surface area contributed by atoms with Crippen LogP contribution in [-0.2, 0) is 0 Å². The van der Waals surface area contributed by atoms with Crippen molar-refractivity contribution in [1.82, 2.24) is 0 Å². The van der Waals surface area contributed by atoms with Crippen LogP contribution in [0, 0.1) is 20.8 Å². The predicted octanol–water partition coefficient (Wildman–Crippen LogP) is 4.40. The summed E-state index contributed by atoms with van der Waals surface area (Å²) in [4.78, 5) is 0. The predicted molar refractivity (Wildman–Crippen MR) is 59.7 cm³/mol. The first-order valence-corrected chi connectivity index (χ1v) is 5.14. The Morgan fingerprint density at radius 2 is 1.25 bits per heavy atom. The molecule has 1 rings (SSSR count). The number of rotatable bonds is 0. The van der Waals surface area contributed by atoms with E-state index in [2.05, 4.69) is 48.8 Å². The zero-order valence-electron chi connectivity index (χ0n) is 8.53. The lowest BCUT2D eigenvalue weighted by Crippen LogP contribution is -1.83. The van der Waals surface area contributed by atoms with Gasteiger partial charge in [-0.05, 0) is 43.5 Å². The van der Waals surface area contributed by atoms with Crippen molar-refractivity contribution in [2.75, 3.05) is 0 Å². The molecule has 0 saturated carbocycles. The summed E-state index contributed by atoms with van der Waals surface area (Å²) in [7, 11) is 0. The van der Waals surface area contributed by atoms with E-state index in [-0.39, 0.29) is 0 Å². The van der Waals surface area contributed by atoms with Gasteiger partial charge >= 0.3 is 0 Å². The normalized spacial score (nSPS) is 8.83. The van der Waals surface area contributed by atoms with Crippen LogP contribution in [-0.4, -0.2) is 0 Å². The molecular formula is C11H17Br. The minimum atomic E-state index is 1.20. The third-order valence-corrected chi connectivity index (χ3v) is 2.63. The molecule has 68 valence electrons. The zero-order valence-corrected chi connectivity index (χ0v) is 10.1. The van der Waals surface area contributed by atoms with E-state index in [0.29, 0.717) is 0 Å². The summed E-state index contributed by atoms with van der Waals surface area (Å²) in [6.45, 7) is 10.4. The van der Waals surface area contributed by atoms with Gasteiger partial charge in [0.05, 0.1) is 0 Å². The Morgan fingerprint density at radius 3 is 1.67 bits per heavy atom. The highest BCUT2D eigenvalue weighted by Gasteiger charge is 1.96. The highest BCUT2D eigenvalue weighted by Crippen LogP contribution is 2.19. The molecule has 0 saturated heterocycles. The fourth-order valence-electron chi connectivity index (χ4n) is 0.925. The van der Waals surface area contributed by atoms with Gasteiger partial charge in [-0.3, -0.25) is 0 Å². The molecule has 0 aliphatic heterocycles. The Kier molecular flexibility index (Phi) is 5.23. The summed E-state index contributed by atoms with van der Waals surface area (Å²) >= 11 is 3.48. The van der Waals surface area contributed by atoms with Gasteiger partial charge in [-0.2, -0.15) is 0 Å². The van der Waals surface area contributed by atoms with Crippen LogP contribution in [0.5, 0.6) is 0 Å². The summed E-state index contributed by atoms with van der Waals surface area (Å²) in [6, 6.07) is 4.35. The van der Waals surface area contributed by atoms with Gasteiger partial charge in [0.15, 0.2) is 0 Å². The lowest BCUT2D eigenvalue weighted by Gasteiger charge is -2.02. The second kappa shape index (κ2) is 5.36. The Bertz CT molecular complexity index is 201. The molecule has 0 aliphatic rings. The number of halogens is 1. The Labute approximate surface area is 84.1 Å². The molecule has 0 fully saturated rings. The van der Waals surface area contributed by atoms with E-state index < -0.39 is 0 Å². The lowest BCUT2D eigenvalue weighted by molar-refractivity contribution is 1.28. The van der Waals surface area contributed by atoms with Crippen molar-refractivity contribution in [2.45, 2.75) is 34.6 Å². The maximum atomic E-state index is 3.48. The molecule has 0 nitrogen and oxygen atoms in total. The van der Waals surface area contributed by atoms with Gasteiger partial charge in [0.1, 0.15) is 0 Å². The van der Waals surface area contributed by atoms with Crippen molar-refractivity contribution < 1.29 is 0 Å². The van der Waals surface area contributed by atoms with Crippen LogP contribution in [0.3, 0.4) is 0 Å². The first-order valence-electron chi connectivity index (χ1n) is 4.34. The summed E-state index contributed by atoms with van der Waals surface area (Å²) in [5.74, 6) is 0. The highest BCUT2D eigenvalue weighted by molar-refractivity contribution is 9.10. The standard InChI is InChI=1S/C9H11Br.C2H6/c1-6-4-8(3)9(10)5-7(6)2;1-2/h4-5H,1-3H3;1-2H3. The van der Waals surface area contributed by atoms with Crippen molar-refractivity contribution >= 4 is 15.9 Å². The largest absolute Gasteiger partial charge is 0.0683 e. The molecule has 0 atom stereocenters. The Balaban J connectivity index is 0.000000561. The Morgan fingerprint density at radius 1 is 0.833 bits per heavy atom. The SMILES string of the molecule is CC.Cc1cc(C)c(Br)cc1C. The molecule has 0 aliphatic carbocycles. The first-order chi connectivity index (χ1) is 5.61. The van der Waals surface area contributed by atoms with Gasteiger partial charge in [0, 0.05) is 4.47 Å². The maximum Gasteiger partial charge on any atom is 0.0207 e. The van der Waals surface area contributed by atoms with Crippen LogP contribution >= 0.6 is 15.9 Å². The fourth-order valence-corrected chi connectivity index (χ4v) is 1.38. The van der Waals surface area contributed by atoms with Crippen LogP contribution < -0.4 is 0 Å². The molecule has 0 spiro atoms. The Hall–Kier alpha value is -0.300. The van der Waals surface area contributed by atoms with E-state index >= 15 is 0 Å². The minimum absolute atomic E-state index is 1.20. The third kappa shape index (κ3) is 2.98. The number of benzene rings is 1. The summed E-state index contributed by atoms with van der Waals surface area (Å²) in [6.07, 6.45) is 0. The van der Waals surface area contributed by atoms with Crippen LogP contribution in [0.15, 0.2) is 16.6 Å². The maximum absolute atomic E-state index is 3.48. The average molecular weight is 229 g/mol. The van der Waals surface area contributed by atoms with Crippen molar-refractivity contribution in [3.05, 3.63) is 33.3 Å². The summed E-state index contributed by atoms with van der Waals surface area (Å²) < 4.78 is 1.20. The van der Waals surface area contributed by atoms with Crippen molar-refractivity contribution in [1.29, 1.82) is 0 Å². The van der Waals surface area contributed by atoms with Gasteiger partial charge in [0.2, 0.25) is 0 Å². The molecule has 0 radical (unpaired) electrons. The molecule has 0 aromatic heterocycles. The van der Waals surface area contributed by atoms with Crippen LogP contribution in [0.4, 0.5) is 0 Å². The highest BCUT2D eigenvalue weighted by atomic mass is 79.9. The van der Waals surface area contributed by atoms with Crippen LogP contribution in [0.2, 0.25) is 0 Å². The van der Waals surface area contributed by atoms with E-state index in [9.17, 15) is 0 Å². The van der Waals surface area contributed by atoms with Crippen molar-refractivity contribution in [3.8, 4) is 0 Å². The minimum Gasteiger partial charge on any atom is -0.0683 e. The van der Waals surface area contributed by atoms with E-state index in [0.717, 1.165) is 0 Å². The van der Waals surface area contributed by atoms with Crippen molar-refractivity contribution in [2.24, 2.45) is 0 Å². The summed E-state index contributed by atoms with van der Waals surface area (Å²) in [5.41, 5.74) is 4.02. The number of aryl methyl sites for hydroxylation is 3. The molecule has 1 heteroatoms. The number of hydrogen-bond acceptors (Lipinski definition) is 0. The third-order valence-electron chi connectivity index (χ3n) is 1.77. The quantitative estimate of drug-likeness (QED) is 0.618. The van der Waals surface area contributed by atoms with E-state index in [1.165, 1.54) is 21.2 Å². The molecule has 1 aromatic rings. The molecule has 1 aromatic carbocycles. The smallest absolute Gasteiger partial charge is 0.0207 e. The van der Waals surface area contributed by atoms with Gasteiger partial charge in [-0.25, -0.2) is 0 Å². The lowest BCUT2D eigenvalue weighted by atomic mass is 10.1. The first kappa shape index (κ1) is 11.7. The topological polar surface area (TPSA) is 0 Å². The van der Waals surface area contributed by atoms with Gasteiger partial charge in [-0.1, -0.05) is 35.8 Å². The van der Waals surface area contributed by atoms with Crippen LogP contribution in [0.1, 0.15) is 30.5 Å².